The first-order chi connectivity index (χ1) is 6.81. The Morgan fingerprint density at radius 2 is 2.43 bits per heavy atom. The van der Waals surface area contributed by atoms with Crippen LogP contribution in [0.3, 0.4) is 0 Å². The van der Waals surface area contributed by atoms with E-state index in [0.29, 0.717) is 0 Å². The van der Waals surface area contributed by atoms with Crippen LogP contribution < -0.4 is 5.32 Å². The van der Waals surface area contributed by atoms with Gasteiger partial charge < -0.3 is 5.32 Å². The molecule has 0 amide bonds. The molecule has 2 aromatic rings. The summed E-state index contributed by atoms with van der Waals surface area (Å²) in [5.74, 6) is 3.42. The van der Waals surface area contributed by atoms with Crippen LogP contribution >= 0.6 is 11.3 Å². The second-order valence-corrected chi connectivity index (χ2v) is 3.81. The smallest absolute Gasteiger partial charge is 0.148 e. The maximum Gasteiger partial charge on any atom is 0.148 e. The standard InChI is InChI=1S/C10H9N3S/c1-3-7(2)13-10-9-8(4-5-14-9)11-6-12-10/h1,4-7H,2H3,(H,11,12,13). The van der Waals surface area contributed by atoms with E-state index in [1.54, 1.807) is 17.7 Å². The lowest BCUT2D eigenvalue weighted by Gasteiger charge is -2.07. The van der Waals surface area contributed by atoms with Crippen LogP contribution in [0, 0.1) is 12.3 Å². The van der Waals surface area contributed by atoms with Crippen LogP contribution in [-0.2, 0) is 0 Å². The Kier molecular flexibility index (Phi) is 2.33. The zero-order chi connectivity index (χ0) is 9.97. The Hall–Kier alpha value is -1.60. The van der Waals surface area contributed by atoms with Crippen LogP contribution in [0.15, 0.2) is 17.8 Å². The van der Waals surface area contributed by atoms with Gasteiger partial charge in [-0.15, -0.1) is 17.8 Å². The predicted octanol–water partition coefficient (Wildman–Crippen LogP) is 2.12. The van der Waals surface area contributed by atoms with E-state index in [4.69, 9.17) is 6.42 Å². The fraction of sp³-hybridized carbons (Fsp3) is 0.200. The highest BCUT2D eigenvalue weighted by molar-refractivity contribution is 7.17. The number of anilines is 1. The van der Waals surface area contributed by atoms with Crippen molar-refractivity contribution in [2.24, 2.45) is 0 Å². The van der Waals surface area contributed by atoms with Gasteiger partial charge in [0.25, 0.3) is 0 Å². The Balaban J connectivity index is 2.42. The molecule has 0 aromatic carbocycles. The summed E-state index contributed by atoms with van der Waals surface area (Å²) in [5, 5.41) is 5.13. The molecule has 0 radical (unpaired) electrons. The van der Waals surface area contributed by atoms with Crippen molar-refractivity contribution in [2.45, 2.75) is 13.0 Å². The van der Waals surface area contributed by atoms with E-state index in [0.717, 1.165) is 16.0 Å². The number of aromatic nitrogens is 2. The van der Waals surface area contributed by atoms with Gasteiger partial charge in [0, 0.05) is 0 Å². The zero-order valence-corrected chi connectivity index (χ0v) is 8.51. The van der Waals surface area contributed by atoms with Gasteiger partial charge in [0.05, 0.1) is 16.3 Å². The van der Waals surface area contributed by atoms with E-state index in [1.165, 1.54) is 0 Å². The van der Waals surface area contributed by atoms with Gasteiger partial charge in [-0.2, -0.15) is 0 Å². The minimum Gasteiger partial charge on any atom is -0.355 e. The molecule has 14 heavy (non-hydrogen) atoms. The largest absolute Gasteiger partial charge is 0.355 e. The molecule has 70 valence electrons. The summed E-state index contributed by atoms with van der Waals surface area (Å²) in [6.45, 7) is 1.92. The third-order valence-corrected chi connectivity index (χ3v) is 2.76. The van der Waals surface area contributed by atoms with Gasteiger partial charge in [0.15, 0.2) is 0 Å². The van der Waals surface area contributed by atoms with Crippen LogP contribution in [0.25, 0.3) is 10.2 Å². The second kappa shape index (κ2) is 3.64. The minimum atomic E-state index is -0.0183. The molecule has 0 saturated carbocycles. The highest BCUT2D eigenvalue weighted by atomic mass is 32.1. The van der Waals surface area contributed by atoms with Crippen molar-refractivity contribution in [3.05, 3.63) is 17.8 Å². The van der Waals surface area contributed by atoms with E-state index < -0.39 is 0 Å². The van der Waals surface area contributed by atoms with Crippen molar-refractivity contribution in [3.8, 4) is 12.3 Å². The molecule has 2 aromatic heterocycles. The third-order valence-electron chi connectivity index (χ3n) is 1.85. The molecule has 0 aliphatic carbocycles. The first-order valence-corrected chi connectivity index (χ1v) is 5.10. The van der Waals surface area contributed by atoms with Crippen molar-refractivity contribution in [1.29, 1.82) is 0 Å². The lowest BCUT2D eigenvalue weighted by molar-refractivity contribution is 1.02. The first kappa shape index (κ1) is 8.97. The molecule has 0 aliphatic rings. The normalized spacial score (nSPS) is 12.3. The van der Waals surface area contributed by atoms with Crippen LogP contribution in [0.4, 0.5) is 5.82 Å². The van der Waals surface area contributed by atoms with Gasteiger partial charge >= 0.3 is 0 Å². The summed E-state index contributed by atoms with van der Waals surface area (Å²) in [6.07, 6.45) is 6.83. The van der Waals surface area contributed by atoms with Crippen LogP contribution in [0.1, 0.15) is 6.92 Å². The van der Waals surface area contributed by atoms with Crippen molar-refractivity contribution in [3.63, 3.8) is 0 Å². The van der Waals surface area contributed by atoms with Crippen molar-refractivity contribution < 1.29 is 0 Å². The highest BCUT2D eigenvalue weighted by Gasteiger charge is 2.05. The molecule has 0 spiro atoms. The van der Waals surface area contributed by atoms with Gasteiger partial charge in [-0.3, -0.25) is 0 Å². The molecule has 1 unspecified atom stereocenters. The number of nitrogens with zero attached hydrogens (tertiary/aromatic N) is 2. The molecular formula is C10H9N3S. The summed E-state index contributed by atoms with van der Waals surface area (Å²) in [7, 11) is 0. The Labute approximate surface area is 86.2 Å². The summed E-state index contributed by atoms with van der Waals surface area (Å²) < 4.78 is 1.05. The molecular weight excluding hydrogens is 194 g/mol. The molecule has 0 saturated heterocycles. The SMILES string of the molecule is C#CC(C)Nc1ncnc2ccsc12. The third kappa shape index (κ3) is 1.54. The quantitative estimate of drug-likeness (QED) is 0.760. The number of rotatable bonds is 2. The molecule has 1 N–H and O–H groups in total. The van der Waals surface area contributed by atoms with Gasteiger partial charge in [-0.1, -0.05) is 5.92 Å². The molecule has 0 fully saturated rings. The van der Waals surface area contributed by atoms with Crippen LogP contribution in [0.5, 0.6) is 0 Å². The monoisotopic (exact) mass is 203 g/mol. The number of nitrogens with one attached hydrogen (secondary N) is 1. The second-order valence-electron chi connectivity index (χ2n) is 2.89. The highest BCUT2D eigenvalue weighted by Crippen LogP contribution is 2.24. The number of fused-ring (bicyclic) bond motifs is 1. The van der Waals surface area contributed by atoms with Crippen LogP contribution in [0.2, 0.25) is 0 Å². The molecule has 3 nitrogen and oxygen atoms in total. The average Bonchev–Trinajstić information content (AvgIpc) is 2.66. The van der Waals surface area contributed by atoms with Crippen molar-refractivity contribution in [1.82, 2.24) is 9.97 Å². The summed E-state index contributed by atoms with van der Waals surface area (Å²) in [4.78, 5) is 8.30. The fourth-order valence-electron chi connectivity index (χ4n) is 1.14. The molecule has 1 atom stereocenters. The summed E-state index contributed by atoms with van der Waals surface area (Å²) >= 11 is 1.61. The number of terminal acetylenes is 1. The van der Waals surface area contributed by atoms with Crippen molar-refractivity contribution in [2.75, 3.05) is 5.32 Å². The first-order valence-electron chi connectivity index (χ1n) is 4.22. The van der Waals surface area contributed by atoms with Gasteiger partial charge in [0.2, 0.25) is 0 Å². The Bertz CT molecular complexity index is 483. The molecule has 0 bridgehead atoms. The Morgan fingerprint density at radius 3 is 3.21 bits per heavy atom. The van der Waals surface area contributed by atoms with Gasteiger partial charge in [-0.05, 0) is 18.4 Å². The molecule has 2 heterocycles. The molecule has 4 heteroatoms. The lowest BCUT2D eigenvalue weighted by atomic mass is 10.3. The lowest BCUT2D eigenvalue weighted by Crippen LogP contribution is -2.13. The zero-order valence-electron chi connectivity index (χ0n) is 7.69. The van der Waals surface area contributed by atoms with Gasteiger partial charge in [0.1, 0.15) is 12.1 Å². The van der Waals surface area contributed by atoms with Gasteiger partial charge in [-0.25, -0.2) is 9.97 Å². The molecule has 2 rings (SSSR count). The van der Waals surface area contributed by atoms with E-state index >= 15 is 0 Å². The maximum atomic E-state index is 5.29. The fourth-order valence-corrected chi connectivity index (χ4v) is 1.94. The minimum absolute atomic E-state index is 0.0183. The van der Waals surface area contributed by atoms with Crippen molar-refractivity contribution >= 4 is 27.4 Å². The van der Waals surface area contributed by atoms with E-state index in [9.17, 15) is 0 Å². The van der Waals surface area contributed by atoms with E-state index in [-0.39, 0.29) is 6.04 Å². The predicted molar refractivity (Wildman–Crippen MR) is 59.3 cm³/mol. The topological polar surface area (TPSA) is 37.8 Å². The number of thiophene rings is 1. The maximum absolute atomic E-state index is 5.29. The van der Waals surface area contributed by atoms with Crippen LogP contribution in [-0.4, -0.2) is 16.0 Å². The number of hydrogen-bond donors (Lipinski definition) is 1. The van der Waals surface area contributed by atoms with E-state index in [1.807, 2.05) is 18.4 Å². The number of hydrogen-bond acceptors (Lipinski definition) is 4. The summed E-state index contributed by atoms with van der Waals surface area (Å²) in [5.41, 5.74) is 0.955. The average molecular weight is 203 g/mol. The summed E-state index contributed by atoms with van der Waals surface area (Å²) in [6, 6.07) is 1.95. The molecule has 0 aliphatic heterocycles. The van der Waals surface area contributed by atoms with E-state index in [2.05, 4.69) is 21.2 Å². The Morgan fingerprint density at radius 1 is 1.57 bits per heavy atom.